The number of nitrogens with one attached hydrogen (secondary N) is 1. The van der Waals surface area contributed by atoms with Crippen LogP contribution in [0.15, 0.2) is 48.6 Å². The number of allylic oxidation sites excluding steroid dienone is 1. The number of hydrogen-bond acceptors (Lipinski definition) is 6. The Morgan fingerprint density at radius 2 is 1.98 bits per heavy atom. The Kier molecular flexibility index (Phi) is 11.2. The van der Waals surface area contributed by atoms with Gasteiger partial charge < -0.3 is 19.3 Å². The van der Waals surface area contributed by atoms with Crippen LogP contribution in [0.3, 0.4) is 0 Å². The molecule has 51 heavy (non-hydrogen) atoms. The molecule has 1 fully saturated rings. The van der Waals surface area contributed by atoms with Crippen LogP contribution in [0.2, 0.25) is 5.02 Å². The molecule has 1 unspecified atom stereocenters. The number of anilines is 1. The molecule has 8 nitrogen and oxygen atoms in total. The van der Waals surface area contributed by atoms with Crippen LogP contribution in [0.4, 0.5) is 5.69 Å². The minimum Gasteiger partial charge on any atom is -0.490 e. The summed E-state index contributed by atoms with van der Waals surface area (Å²) in [6, 6.07) is 11.8. The summed E-state index contributed by atoms with van der Waals surface area (Å²) in [4.78, 5) is 31.2. The minimum atomic E-state index is -2.98. The molecule has 0 radical (unpaired) electrons. The van der Waals surface area contributed by atoms with E-state index in [-0.39, 0.29) is 34.5 Å². The molecular formula is C41H56ClN3O5S. The second-order valence-corrected chi connectivity index (χ2v) is 19.1. The molecule has 2 heterocycles. The number of aryl methyl sites for hydroxylation is 1. The lowest BCUT2D eigenvalue weighted by molar-refractivity contribution is -0.149. The van der Waals surface area contributed by atoms with Crippen LogP contribution >= 0.6 is 11.6 Å². The highest BCUT2D eigenvalue weighted by atomic mass is 35.5. The fraction of sp³-hybridized carbons (Fsp3) is 0.585. The maximum Gasteiger partial charge on any atom is 0.262 e. The van der Waals surface area contributed by atoms with Gasteiger partial charge in [-0.3, -0.25) is 14.3 Å². The lowest BCUT2D eigenvalue weighted by atomic mass is 9.68. The van der Waals surface area contributed by atoms with E-state index in [0.29, 0.717) is 36.8 Å². The van der Waals surface area contributed by atoms with E-state index in [0.717, 1.165) is 61.7 Å². The van der Waals surface area contributed by atoms with Crippen molar-refractivity contribution in [2.45, 2.75) is 95.5 Å². The van der Waals surface area contributed by atoms with Gasteiger partial charge in [-0.15, -0.1) is 0 Å². The predicted molar refractivity (Wildman–Crippen MR) is 208 cm³/mol. The minimum absolute atomic E-state index is 0.0150. The van der Waals surface area contributed by atoms with Gasteiger partial charge in [0.25, 0.3) is 11.8 Å². The van der Waals surface area contributed by atoms with E-state index in [1.807, 2.05) is 32.0 Å². The average molecular weight is 738 g/mol. The fourth-order valence-electron chi connectivity index (χ4n) is 8.50. The maximum atomic E-state index is 13.9. The molecule has 2 aliphatic carbocycles. The number of ether oxygens (including phenoxy) is 2. The normalized spacial score (nSPS) is 32.0. The second kappa shape index (κ2) is 15.2. The molecule has 2 bridgehead atoms. The number of amides is 2. The van der Waals surface area contributed by atoms with Gasteiger partial charge in [0, 0.05) is 48.4 Å². The fourth-order valence-corrected chi connectivity index (χ4v) is 10.2. The molecule has 0 aromatic heterocycles. The van der Waals surface area contributed by atoms with Crippen molar-refractivity contribution in [1.82, 2.24) is 9.62 Å². The van der Waals surface area contributed by atoms with Gasteiger partial charge in [0.1, 0.15) is 11.9 Å². The van der Waals surface area contributed by atoms with E-state index >= 15 is 0 Å². The van der Waals surface area contributed by atoms with Crippen LogP contribution < -0.4 is 14.4 Å². The number of hydrogen-bond donors (Lipinski definition) is 1. The van der Waals surface area contributed by atoms with Crippen molar-refractivity contribution in [3.63, 3.8) is 0 Å². The third kappa shape index (κ3) is 8.01. The number of halogens is 1. The predicted octanol–water partition coefficient (Wildman–Crippen LogP) is 7.07. The van der Waals surface area contributed by atoms with Crippen LogP contribution in [0.25, 0.3) is 0 Å². The molecule has 1 spiro atoms. The molecule has 10 heteroatoms. The number of carbonyl (C=O) groups is 2. The summed E-state index contributed by atoms with van der Waals surface area (Å²) in [7, 11) is 0.598. The van der Waals surface area contributed by atoms with Crippen molar-refractivity contribution >= 4 is 44.7 Å². The molecule has 1 saturated carbocycles. The van der Waals surface area contributed by atoms with Gasteiger partial charge in [0.05, 0.1) is 28.1 Å². The Labute approximate surface area is 310 Å². The summed E-state index contributed by atoms with van der Waals surface area (Å²) in [5.41, 5.74) is 3.59. The van der Waals surface area contributed by atoms with Crippen LogP contribution in [0.5, 0.6) is 5.75 Å². The van der Waals surface area contributed by atoms with Gasteiger partial charge in [-0.25, -0.2) is 4.21 Å². The van der Waals surface area contributed by atoms with Crippen molar-refractivity contribution in [1.29, 1.82) is 0 Å². The van der Waals surface area contributed by atoms with E-state index in [1.54, 1.807) is 25.1 Å². The summed E-state index contributed by atoms with van der Waals surface area (Å²) in [5, 5.41) is 0.370. The average Bonchev–Trinajstić information content (AvgIpc) is 3.21. The number of benzene rings is 2. The first-order valence-electron chi connectivity index (χ1n) is 18.7. The molecule has 2 amide bonds. The molecule has 2 aliphatic heterocycles. The Hall–Kier alpha value is -3.01. The van der Waals surface area contributed by atoms with E-state index in [9.17, 15) is 13.8 Å². The Balaban J connectivity index is 1.42. The molecule has 2 aromatic rings. The van der Waals surface area contributed by atoms with Crippen molar-refractivity contribution < 1.29 is 23.3 Å². The van der Waals surface area contributed by atoms with Crippen molar-refractivity contribution in [3.8, 4) is 5.75 Å². The highest BCUT2D eigenvalue weighted by molar-refractivity contribution is 7.99. The van der Waals surface area contributed by atoms with Gasteiger partial charge >= 0.3 is 0 Å². The Morgan fingerprint density at radius 1 is 1.20 bits per heavy atom. The first kappa shape index (κ1) is 37.7. The van der Waals surface area contributed by atoms with Crippen molar-refractivity contribution in [3.05, 3.63) is 70.3 Å². The van der Waals surface area contributed by atoms with Gasteiger partial charge in [-0.2, -0.15) is 0 Å². The van der Waals surface area contributed by atoms with Crippen molar-refractivity contribution in [2.75, 3.05) is 38.7 Å². The monoisotopic (exact) mass is 737 g/mol. The Morgan fingerprint density at radius 3 is 2.69 bits per heavy atom. The third-order valence-corrected chi connectivity index (χ3v) is 14.3. The molecule has 2 aromatic carbocycles. The quantitative estimate of drug-likeness (QED) is 0.261. The molecule has 8 atom stereocenters. The molecule has 0 saturated heterocycles. The van der Waals surface area contributed by atoms with E-state index in [2.05, 4.69) is 53.6 Å². The molecular weight excluding hydrogens is 682 g/mol. The second-order valence-electron chi connectivity index (χ2n) is 16.2. The summed E-state index contributed by atoms with van der Waals surface area (Å²) >= 11 is 6.48. The summed E-state index contributed by atoms with van der Waals surface area (Å²) in [6.45, 7) is 10.2. The van der Waals surface area contributed by atoms with E-state index < -0.39 is 21.7 Å². The highest BCUT2D eigenvalue weighted by Crippen LogP contribution is 2.47. The third-order valence-electron chi connectivity index (χ3n) is 11.9. The summed E-state index contributed by atoms with van der Waals surface area (Å²) in [6.07, 6.45) is 9.78. The van der Waals surface area contributed by atoms with Crippen LogP contribution in [0, 0.1) is 23.7 Å². The summed E-state index contributed by atoms with van der Waals surface area (Å²) < 4.78 is 30.3. The van der Waals surface area contributed by atoms with E-state index in [1.165, 1.54) is 11.1 Å². The van der Waals surface area contributed by atoms with Gasteiger partial charge in [-0.1, -0.05) is 50.6 Å². The number of rotatable bonds is 5. The first-order chi connectivity index (χ1) is 24.2. The largest absolute Gasteiger partial charge is 0.490 e. The number of carbonyl (C=O) groups excluding carboxylic acids is 2. The van der Waals surface area contributed by atoms with Crippen LogP contribution in [-0.2, 0) is 31.1 Å². The lowest BCUT2D eigenvalue weighted by Crippen LogP contribution is -2.50. The van der Waals surface area contributed by atoms with Crippen LogP contribution in [0.1, 0.15) is 87.7 Å². The zero-order valence-electron chi connectivity index (χ0n) is 31.2. The van der Waals surface area contributed by atoms with Crippen LogP contribution in [-0.4, -0.2) is 78.0 Å². The first-order valence-corrected chi connectivity index (χ1v) is 20.9. The topological polar surface area (TPSA) is 88.2 Å². The number of fused-ring (bicyclic) bond motifs is 4. The highest BCUT2D eigenvalue weighted by Gasteiger charge is 2.45. The summed E-state index contributed by atoms with van der Waals surface area (Å²) in [5.74, 6) is 5.12. The zero-order chi connectivity index (χ0) is 36.7. The smallest absolute Gasteiger partial charge is 0.262 e. The van der Waals surface area contributed by atoms with Gasteiger partial charge in [0.2, 0.25) is 0 Å². The molecule has 6 rings (SSSR count). The lowest BCUT2D eigenvalue weighted by Gasteiger charge is -2.46. The zero-order valence-corrected chi connectivity index (χ0v) is 32.7. The molecule has 4 aliphatic rings. The van der Waals surface area contributed by atoms with Gasteiger partial charge in [-0.05, 0) is 123 Å². The number of nitrogens with zero attached hydrogens (tertiary/aromatic N) is 2. The van der Waals surface area contributed by atoms with E-state index in [4.69, 9.17) is 21.1 Å². The standard InChI is InChI=1S/C41H56ClN3O5S/c1-26(2)20-38(40(47)44(5)6)50-36-12-8-10-27(3)28(4)51(7,48)43-39(46)30-14-18-37-35(22-30)45(23-31-13-16-33(31)36)24-41(25-49-37)19-9-11-29-21-32(42)15-17-34(29)41/h8,12,14-15,17-18,21-22,26-28,31,33,36,38H,7,9-11,13,16,19-20,23-25H2,1-6H3,(H,43,46,48)/b12-8+/t27-,28+,31-,33+,36-,38+,41-,51?/m0/s1. The molecule has 278 valence electrons. The Bertz CT molecular complexity index is 1760. The van der Waals surface area contributed by atoms with Gasteiger partial charge in [0.15, 0.2) is 0 Å². The van der Waals surface area contributed by atoms with Crippen molar-refractivity contribution in [2.24, 2.45) is 23.7 Å². The molecule has 1 N–H and O–H groups in total. The number of likely N-dealkylation sites (N-methyl/N-ethyl adjacent to an activating group) is 1. The SMILES string of the molecule is C=S1(=O)NC(=O)c2ccc3c(c2)N(C[C@@H]2CC[C@H]2[C@@H](O[C@H](CC(C)C)C(=O)N(C)C)/C=C/C[C@H](C)[C@H]1C)C[C@@]1(CCCc2cc(Cl)ccc21)CO3. The maximum absolute atomic E-state index is 13.9.